The minimum Gasteiger partial charge on any atom is -0.492 e. The Hall–Kier alpha value is -0.0600. The first-order valence-corrected chi connectivity index (χ1v) is 9.60. The van der Waals surface area contributed by atoms with E-state index in [1.807, 2.05) is 13.0 Å². The standard InChI is InChI=1S/C17H25Br2NO/c1-2-21-17-14(10-15(18)11-16(17)19)12-20-9-5-8-13-6-3-4-7-13/h10-11,13,20H,2-9,12H2,1H3. The Kier molecular flexibility index (Phi) is 7.55. The summed E-state index contributed by atoms with van der Waals surface area (Å²) < 4.78 is 7.85. The normalized spacial score (nSPS) is 15.6. The van der Waals surface area contributed by atoms with Crippen LogP contribution in [0.1, 0.15) is 51.0 Å². The van der Waals surface area contributed by atoms with Crippen molar-refractivity contribution in [2.45, 2.75) is 52.0 Å². The van der Waals surface area contributed by atoms with Crippen LogP contribution in [0.4, 0.5) is 0 Å². The van der Waals surface area contributed by atoms with Crippen molar-refractivity contribution in [3.05, 3.63) is 26.6 Å². The lowest BCUT2D eigenvalue weighted by molar-refractivity contribution is 0.333. The fourth-order valence-electron chi connectivity index (χ4n) is 3.09. The molecule has 1 aromatic carbocycles. The van der Waals surface area contributed by atoms with E-state index in [0.29, 0.717) is 6.61 Å². The predicted molar refractivity (Wildman–Crippen MR) is 95.9 cm³/mol. The number of benzene rings is 1. The van der Waals surface area contributed by atoms with Crippen molar-refractivity contribution in [2.24, 2.45) is 5.92 Å². The summed E-state index contributed by atoms with van der Waals surface area (Å²) >= 11 is 7.14. The van der Waals surface area contributed by atoms with E-state index in [-0.39, 0.29) is 0 Å². The van der Waals surface area contributed by atoms with Crippen LogP contribution in [0.3, 0.4) is 0 Å². The summed E-state index contributed by atoms with van der Waals surface area (Å²) in [4.78, 5) is 0. The first kappa shape index (κ1) is 17.3. The van der Waals surface area contributed by atoms with Crippen molar-refractivity contribution >= 4 is 31.9 Å². The summed E-state index contributed by atoms with van der Waals surface area (Å²) in [5.74, 6) is 1.95. The van der Waals surface area contributed by atoms with Gasteiger partial charge < -0.3 is 10.1 Å². The van der Waals surface area contributed by atoms with Gasteiger partial charge in [-0.25, -0.2) is 0 Å². The highest BCUT2D eigenvalue weighted by Crippen LogP contribution is 2.33. The molecule has 1 N–H and O–H groups in total. The topological polar surface area (TPSA) is 21.3 Å². The molecule has 21 heavy (non-hydrogen) atoms. The maximum Gasteiger partial charge on any atom is 0.138 e. The van der Waals surface area contributed by atoms with Crippen LogP contribution in [-0.4, -0.2) is 13.2 Å². The fraction of sp³-hybridized carbons (Fsp3) is 0.647. The Balaban J connectivity index is 1.78. The van der Waals surface area contributed by atoms with E-state index >= 15 is 0 Å². The van der Waals surface area contributed by atoms with E-state index in [1.54, 1.807) is 0 Å². The summed E-state index contributed by atoms with van der Waals surface area (Å²) in [5, 5.41) is 3.56. The summed E-state index contributed by atoms with van der Waals surface area (Å²) in [5.41, 5.74) is 1.21. The average molecular weight is 419 g/mol. The molecule has 0 radical (unpaired) electrons. The van der Waals surface area contributed by atoms with E-state index in [9.17, 15) is 0 Å². The number of ether oxygens (including phenoxy) is 1. The van der Waals surface area contributed by atoms with Crippen molar-refractivity contribution in [2.75, 3.05) is 13.2 Å². The van der Waals surface area contributed by atoms with Crippen molar-refractivity contribution in [3.63, 3.8) is 0 Å². The molecule has 2 rings (SSSR count). The van der Waals surface area contributed by atoms with Gasteiger partial charge in [-0.1, -0.05) is 41.6 Å². The van der Waals surface area contributed by atoms with Crippen LogP contribution in [0.25, 0.3) is 0 Å². The van der Waals surface area contributed by atoms with Crippen molar-refractivity contribution in [1.82, 2.24) is 5.32 Å². The molecular weight excluding hydrogens is 394 g/mol. The van der Waals surface area contributed by atoms with Gasteiger partial charge in [0.25, 0.3) is 0 Å². The monoisotopic (exact) mass is 417 g/mol. The molecule has 0 heterocycles. The van der Waals surface area contributed by atoms with Crippen LogP contribution in [0, 0.1) is 5.92 Å². The van der Waals surface area contributed by atoms with E-state index in [1.165, 1.54) is 44.1 Å². The molecule has 0 spiro atoms. The van der Waals surface area contributed by atoms with Gasteiger partial charge in [-0.05, 0) is 60.3 Å². The minimum absolute atomic E-state index is 0.689. The molecule has 118 valence electrons. The van der Waals surface area contributed by atoms with Gasteiger partial charge in [0, 0.05) is 16.6 Å². The third-order valence-corrected chi connectivity index (χ3v) is 5.18. The maximum atomic E-state index is 5.75. The first-order valence-electron chi connectivity index (χ1n) is 8.02. The van der Waals surface area contributed by atoms with Gasteiger partial charge in [0.15, 0.2) is 0 Å². The molecular formula is C17H25Br2NO. The largest absolute Gasteiger partial charge is 0.492 e. The molecule has 1 saturated carbocycles. The smallest absolute Gasteiger partial charge is 0.138 e. The van der Waals surface area contributed by atoms with Crippen LogP contribution in [0.15, 0.2) is 21.1 Å². The van der Waals surface area contributed by atoms with E-state index in [4.69, 9.17) is 4.74 Å². The zero-order valence-electron chi connectivity index (χ0n) is 12.8. The van der Waals surface area contributed by atoms with Crippen molar-refractivity contribution < 1.29 is 4.74 Å². The Morgan fingerprint density at radius 1 is 1.24 bits per heavy atom. The molecule has 0 aromatic heterocycles. The highest BCUT2D eigenvalue weighted by atomic mass is 79.9. The maximum absolute atomic E-state index is 5.75. The molecule has 1 fully saturated rings. The van der Waals surface area contributed by atoms with Crippen LogP contribution in [0.2, 0.25) is 0 Å². The predicted octanol–water partition coefficient (Wildman–Crippen LogP) is 5.67. The molecule has 0 bridgehead atoms. The summed E-state index contributed by atoms with van der Waals surface area (Å²) in [6, 6.07) is 4.17. The van der Waals surface area contributed by atoms with Gasteiger partial charge in [0.2, 0.25) is 0 Å². The molecule has 0 saturated heterocycles. The highest BCUT2D eigenvalue weighted by Gasteiger charge is 2.14. The summed E-state index contributed by atoms with van der Waals surface area (Å²) in [6.07, 6.45) is 8.46. The molecule has 0 atom stereocenters. The van der Waals surface area contributed by atoms with Crippen LogP contribution >= 0.6 is 31.9 Å². The number of rotatable bonds is 8. The van der Waals surface area contributed by atoms with Crippen LogP contribution in [0.5, 0.6) is 5.75 Å². The summed E-state index contributed by atoms with van der Waals surface area (Å²) in [6.45, 7) is 4.66. The minimum atomic E-state index is 0.689. The molecule has 1 aliphatic rings. The second-order valence-corrected chi connectivity index (χ2v) is 7.55. The Morgan fingerprint density at radius 3 is 2.71 bits per heavy atom. The van der Waals surface area contributed by atoms with E-state index in [2.05, 4.69) is 43.2 Å². The Morgan fingerprint density at radius 2 is 2.00 bits per heavy atom. The number of nitrogens with one attached hydrogen (secondary N) is 1. The van der Waals surface area contributed by atoms with Gasteiger partial charge in [-0.15, -0.1) is 0 Å². The third kappa shape index (κ3) is 5.57. The molecule has 4 heteroatoms. The van der Waals surface area contributed by atoms with Gasteiger partial charge >= 0.3 is 0 Å². The lowest BCUT2D eigenvalue weighted by atomic mass is 10.0. The highest BCUT2D eigenvalue weighted by molar-refractivity contribution is 9.11. The Bertz CT molecular complexity index is 445. The van der Waals surface area contributed by atoms with Crippen LogP contribution < -0.4 is 10.1 Å². The quantitative estimate of drug-likeness (QED) is 0.549. The first-order chi connectivity index (χ1) is 10.2. The molecule has 2 nitrogen and oxygen atoms in total. The second kappa shape index (κ2) is 9.16. The zero-order chi connectivity index (χ0) is 15.1. The molecule has 0 unspecified atom stereocenters. The number of hydrogen-bond acceptors (Lipinski definition) is 2. The van der Waals surface area contributed by atoms with E-state index in [0.717, 1.165) is 33.7 Å². The van der Waals surface area contributed by atoms with E-state index < -0.39 is 0 Å². The second-order valence-electron chi connectivity index (χ2n) is 5.78. The average Bonchev–Trinajstić information content (AvgIpc) is 2.95. The third-order valence-electron chi connectivity index (χ3n) is 4.13. The SMILES string of the molecule is CCOc1c(Br)cc(Br)cc1CNCCCC1CCCC1. The number of hydrogen-bond donors (Lipinski definition) is 1. The lowest BCUT2D eigenvalue weighted by Crippen LogP contribution is -2.16. The molecule has 0 amide bonds. The van der Waals surface area contributed by atoms with Gasteiger partial charge in [-0.3, -0.25) is 0 Å². The zero-order valence-corrected chi connectivity index (χ0v) is 15.9. The lowest BCUT2D eigenvalue weighted by Gasteiger charge is -2.14. The van der Waals surface area contributed by atoms with Gasteiger partial charge in [-0.2, -0.15) is 0 Å². The number of halogens is 2. The molecule has 1 aliphatic carbocycles. The molecule has 0 aliphatic heterocycles. The van der Waals surface area contributed by atoms with Crippen molar-refractivity contribution in [1.29, 1.82) is 0 Å². The molecule has 1 aromatic rings. The van der Waals surface area contributed by atoms with Gasteiger partial charge in [0.05, 0.1) is 11.1 Å². The van der Waals surface area contributed by atoms with Crippen molar-refractivity contribution in [3.8, 4) is 5.75 Å². The Labute approximate surface area is 145 Å². The van der Waals surface area contributed by atoms with Crippen LogP contribution in [-0.2, 0) is 6.54 Å². The van der Waals surface area contributed by atoms with Gasteiger partial charge in [0.1, 0.15) is 5.75 Å². The summed E-state index contributed by atoms with van der Waals surface area (Å²) in [7, 11) is 0. The fourth-order valence-corrected chi connectivity index (χ4v) is 4.52.